The maximum atomic E-state index is 13.6. The summed E-state index contributed by atoms with van der Waals surface area (Å²) in [4.78, 5) is 44.6. The quantitative estimate of drug-likeness (QED) is 0.266. The molecule has 0 spiro atoms. The molecule has 4 rings (SSSR count). The average molecular weight is 537 g/mol. The minimum Gasteiger partial charge on any atom is -0.456 e. The minimum absolute atomic E-state index is 0.233. The van der Waals surface area contributed by atoms with Crippen LogP contribution in [0.4, 0.5) is 4.79 Å². The van der Waals surface area contributed by atoms with Gasteiger partial charge in [0.25, 0.3) is 5.91 Å². The van der Waals surface area contributed by atoms with Gasteiger partial charge in [0.1, 0.15) is 21.6 Å². The van der Waals surface area contributed by atoms with Gasteiger partial charge in [0, 0.05) is 5.56 Å². The molecule has 0 saturated heterocycles. The first kappa shape index (κ1) is 26.5. The average Bonchev–Trinajstić information content (AvgIpc) is 3.33. The van der Waals surface area contributed by atoms with E-state index in [-0.39, 0.29) is 5.56 Å². The third-order valence-corrected chi connectivity index (χ3v) is 7.24. The normalized spacial score (nSPS) is 12.5. The molecule has 0 aliphatic heterocycles. The highest BCUT2D eigenvalue weighted by Crippen LogP contribution is 2.39. The number of carbonyl (C=O) groups is 3. The molecule has 4 aromatic rings. The van der Waals surface area contributed by atoms with Gasteiger partial charge >= 0.3 is 12.1 Å². The first-order valence-corrected chi connectivity index (χ1v) is 13.3. The van der Waals surface area contributed by atoms with Gasteiger partial charge in [-0.1, -0.05) is 59.9 Å². The smallest absolute Gasteiger partial charge is 0.420 e. The fourth-order valence-electron chi connectivity index (χ4n) is 3.55. The number of benzene rings is 2. The van der Waals surface area contributed by atoms with E-state index < -0.39 is 29.2 Å². The fraction of sp³-hybridized carbons (Fsp3) is 0.286. The van der Waals surface area contributed by atoms with Crippen LogP contribution in [0, 0.1) is 0 Å². The predicted octanol–water partition coefficient (Wildman–Crippen LogP) is 6.91. The summed E-state index contributed by atoms with van der Waals surface area (Å²) >= 11 is 2.32. The second-order valence-electron chi connectivity index (χ2n) is 10.3. The lowest BCUT2D eigenvalue weighted by atomic mass is 10.1. The Hall–Kier alpha value is -3.56. The van der Waals surface area contributed by atoms with Crippen LogP contribution in [0.3, 0.4) is 0 Å². The van der Waals surface area contributed by atoms with E-state index in [9.17, 15) is 14.4 Å². The van der Waals surface area contributed by atoms with E-state index in [1.54, 1.807) is 65.8 Å². The van der Waals surface area contributed by atoms with Crippen molar-refractivity contribution in [3.63, 3.8) is 0 Å². The Morgan fingerprint density at radius 2 is 1.35 bits per heavy atom. The molecule has 2 aromatic carbocycles. The van der Waals surface area contributed by atoms with Gasteiger partial charge in [-0.2, -0.15) is 4.99 Å². The van der Waals surface area contributed by atoms with E-state index in [0.717, 1.165) is 11.3 Å². The highest BCUT2D eigenvalue weighted by molar-refractivity contribution is 7.35. The van der Waals surface area contributed by atoms with Crippen LogP contribution in [-0.4, -0.2) is 33.7 Å². The van der Waals surface area contributed by atoms with Crippen LogP contribution >= 0.6 is 22.7 Å². The molecule has 2 aromatic heterocycles. The molecule has 0 saturated carbocycles. The number of amides is 1. The Balaban J connectivity index is 2.01. The number of rotatable bonds is 3. The Bertz CT molecular complexity index is 1470. The molecule has 37 heavy (non-hydrogen) atoms. The van der Waals surface area contributed by atoms with Crippen LogP contribution in [0.15, 0.2) is 65.7 Å². The second-order valence-corrected chi connectivity index (χ2v) is 12.5. The van der Waals surface area contributed by atoms with Crippen molar-refractivity contribution >= 4 is 50.2 Å². The molecule has 0 bridgehead atoms. The van der Waals surface area contributed by atoms with Crippen molar-refractivity contribution in [2.45, 2.75) is 52.7 Å². The molecule has 0 unspecified atom stereocenters. The van der Waals surface area contributed by atoms with Gasteiger partial charge in [-0.15, -0.1) is 11.3 Å². The molecule has 9 heteroatoms. The molecule has 192 valence electrons. The van der Waals surface area contributed by atoms with Crippen LogP contribution in [0.2, 0.25) is 0 Å². The molecule has 2 heterocycles. The lowest BCUT2D eigenvalue weighted by molar-refractivity contribution is 0.00728. The van der Waals surface area contributed by atoms with E-state index in [1.807, 2.05) is 36.4 Å². The molecule has 0 N–H and O–H groups in total. The number of carbonyl (C=O) groups excluding carboxylic acids is 3. The van der Waals surface area contributed by atoms with Crippen LogP contribution in [-0.2, 0) is 9.47 Å². The molecule has 0 fully saturated rings. The van der Waals surface area contributed by atoms with E-state index in [2.05, 4.69) is 4.99 Å². The summed E-state index contributed by atoms with van der Waals surface area (Å²) in [5.74, 6) is -0.986. The van der Waals surface area contributed by atoms with Gasteiger partial charge < -0.3 is 9.47 Å². The molecule has 0 aliphatic carbocycles. The van der Waals surface area contributed by atoms with Crippen molar-refractivity contribution in [1.29, 1.82) is 0 Å². The molecule has 0 aliphatic rings. The van der Waals surface area contributed by atoms with Gasteiger partial charge in [-0.25, -0.2) is 14.2 Å². The summed E-state index contributed by atoms with van der Waals surface area (Å²) in [7, 11) is 0. The first-order valence-electron chi connectivity index (χ1n) is 11.7. The van der Waals surface area contributed by atoms with Crippen LogP contribution < -0.4 is 3.98 Å². The summed E-state index contributed by atoms with van der Waals surface area (Å²) in [5.41, 5.74) is 0.177. The highest BCUT2D eigenvalue weighted by Gasteiger charge is 2.33. The Morgan fingerprint density at radius 1 is 0.784 bits per heavy atom. The molecule has 0 atom stereocenters. The number of ether oxygens (including phenoxy) is 2. The van der Waals surface area contributed by atoms with Crippen LogP contribution in [0.25, 0.3) is 20.8 Å². The summed E-state index contributed by atoms with van der Waals surface area (Å²) in [6.07, 6.45) is -0.638. The zero-order valence-corrected chi connectivity index (χ0v) is 23.2. The highest BCUT2D eigenvalue weighted by atomic mass is 32.2. The van der Waals surface area contributed by atoms with Crippen molar-refractivity contribution in [2.24, 2.45) is 4.99 Å². The number of fused-ring (bicyclic) bond motifs is 1. The van der Waals surface area contributed by atoms with Gasteiger partial charge in [0.05, 0.1) is 10.4 Å². The maximum Gasteiger partial charge on any atom is 0.420 e. The monoisotopic (exact) mass is 536 g/mol. The Labute approximate surface area is 223 Å². The second kappa shape index (κ2) is 10.1. The van der Waals surface area contributed by atoms with Crippen molar-refractivity contribution < 1.29 is 23.9 Å². The predicted molar refractivity (Wildman–Crippen MR) is 146 cm³/mol. The minimum atomic E-state index is -0.773. The number of esters is 1. The van der Waals surface area contributed by atoms with E-state index >= 15 is 0 Å². The number of hydrogen-bond donors (Lipinski definition) is 0. The summed E-state index contributed by atoms with van der Waals surface area (Å²) in [6, 6.07) is 17.9. The summed E-state index contributed by atoms with van der Waals surface area (Å²) < 4.78 is 13.8. The topological polar surface area (TPSA) is 87.0 Å². The third kappa shape index (κ3) is 6.06. The van der Waals surface area contributed by atoms with Gasteiger partial charge in [-0.05, 0) is 59.2 Å². The number of hydrogen-bond acceptors (Lipinski definition) is 7. The Kier molecular flexibility index (Phi) is 7.21. The molecule has 0 radical (unpaired) electrons. The zero-order chi connectivity index (χ0) is 27.0. The van der Waals surface area contributed by atoms with E-state index in [0.29, 0.717) is 30.3 Å². The van der Waals surface area contributed by atoms with Crippen LogP contribution in [0.5, 0.6) is 0 Å². The van der Waals surface area contributed by atoms with Gasteiger partial charge in [0.15, 0.2) is 3.98 Å². The zero-order valence-electron chi connectivity index (χ0n) is 21.5. The summed E-state index contributed by atoms with van der Waals surface area (Å²) in [6.45, 7) is 10.7. The van der Waals surface area contributed by atoms with Crippen molar-refractivity contribution in [1.82, 2.24) is 4.57 Å². The van der Waals surface area contributed by atoms with Gasteiger partial charge in [-0.3, -0.25) is 4.79 Å². The lowest BCUT2D eigenvalue weighted by Gasteiger charge is -2.22. The molecule has 1 amide bonds. The van der Waals surface area contributed by atoms with Crippen molar-refractivity contribution in [3.8, 4) is 11.3 Å². The fourth-order valence-corrected chi connectivity index (χ4v) is 5.96. The maximum absolute atomic E-state index is 13.6. The first-order chi connectivity index (χ1) is 17.3. The summed E-state index contributed by atoms with van der Waals surface area (Å²) in [5, 5.41) is 0. The number of nitrogens with zero attached hydrogens (tertiary/aromatic N) is 2. The number of aromatic nitrogens is 1. The van der Waals surface area contributed by atoms with Crippen molar-refractivity contribution in [3.05, 3.63) is 75.8 Å². The Morgan fingerprint density at radius 3 is 1.92 bits per heavy atom. The third-order valence-electron chi connectivity index (χ3n) is 4.90. The molecular weight excluding hydrogens is 508 g/mol. The SMILES string of the molecule is CC(C)(C)OC(=O)c1c(-c2ccccc2)n(C(=O)OC(C)(C)C)c2sc(=NC(=O)c3ccccc3)sc12. The van der Waals surface area contributed by atoms with Gasteiger partial charge in [0.2, 0.25) is 0 Å². The standard InChI is InChI=1S/C28H28N2O5S2/c1-27(2,3)34-24(32)19-20(17-13-9-7-10-14-17)30(26(33)35-28(4,5)6)23-21(19)36-25(37-23)29-22(31)18-15-11-8-12-16-18/h7-16H,1-6H3. The lowest BCUT2D eigenvalue weighted by Crippen LogP contribution is -2.28. The largest absolute Gasteiger partial charge is 0.456 e. The van der Waals surface area contributed by atoms with Crippen molar-refractivity contribution in [2.75, 3.05) is 0 Å². The molecular formula is C28H28N2O5S2. The van der Waals surface area contributed by atoms with E-state index in [4.69, 9.17) is 9.47 Å². The van der Waals surface area contributed by atoms with Crippen LogP contribution in [0.1, 0.15) is 62.3 Å². The van der Waals surface area contributed by atoms with E-state index in [1.165, 1.54) is 15.9 Å². The molecule has 7 nitrogen and oxygen atoms in total.